The molecular formula is C12H18O4. The molecule has 0 aliphatic carbocycles. The molecule has 0 fully saturated rings. The minimum Gasteiger partial charge on any atom is -0.465 e. The van der Waals surface area contributed by atoms with Gasteiger partial charge in [-0.3, -0.25) is 14.4 Å². The number of carbonyl (C=O) groups is 3. The Morgan fingerprint density at radius 2 is 1.81 bits per heavy atom. The Morgan fingerprint density at radius 1 is 1.19 bits per heavy atom. The molecular weight excluding hydrogens is 208 g/mol. The SMILES string of the molecule is CCOC(=O)C(C/C=C/CC(C)=O)C(C)=O. The van der Waals surface area contributed by atoms with Crippen LogP contribution in [0.4, 0.5) is 0 Å². The number of allylic oxidation sites excluding steroid dienone is 2. The van der Waals surface area contributed by atoms with E-state index in [4.69, 9.17) is 4.74 Å². The summed E-state index contributed by atoms with van der Waals surface area (Å²) in [6.45, 7) is 4.80. The summed E-state index contributed by atoms with van der Waals surface area (Å²) in [5.74, 6) is -1.41. The number of hydrogen-bond donors (Lipinski definition) is 0. The first-order valence-corrected chi connectivity index (χ1v) is 5.30. The van der Waals surface area contributed by atoms with Gasteiger partial charge >= 0.3 is 5.97 Å². The van der Waals surface area contributed by atoms with Gasteiger partial charge in [-0.05, 0) is 27.2 Å². The third-order valence-corrected chi connectivity index (χ3v) is 2.01. The van der Waals surface area contributed by atoms with E-state index in [-0.39, 0.29) is 18.2 Å². The highest BCUT2D eigenvalue weighted by Gasteiger charge is 2.22. The Hall–Kier alpha value is -1.45. The molecule has 0 bridgehead atoms. The molecule has 16 heavy (non-hydrogen) atoms. The van der Waals surface area contributed by atoms with Crippen molar-refractivity contribution in [2.45, 2.75) is 33.6 Å². The minimum absolute atomic E-state index is 0.0479. The summed E-state index contributed by atoms with van der Waals surface area (Å²) in [6, 6.07) is 0. The lowest BCUT2D eigenvalue weighted by Gasteiger charge is -2.09. The van der Waals surface area contributed by atoms with E-state index in [2.05, 4.69) is 0 Å². The molecule has 0 amide bonds. The molecule has 0 saturated heterocycles. The molecule has 90 valence electrons. The Kier molecular flexibility index (Phi) is 7.09. The second kappa shape index (κ2) is 7.79. The highest BCUT2D eigenvalue weighted by atomic mass is 16.5. The van der Waals surface area contributed by atoms with Gasteiger partial charge in [0.1, 0.15) is 17.5 Å². The number of Topliss-reactive ketones (excluding diaryl/α,β-unsaturated/α-hetero) is 2. The van der Waals surface area contributed by atoms with Gasteiger partial charge in [-0.25, -0.2) is 0 Å². The summed E-state index contributed by atoms with van der Waals surface area (Å²) in [5.41, 5.74) is 0. The predicted molar refractivity (Wildman–Crippen MR) is 59.9 cm³/mol. The van der Waals surface area contributed by atoms with Crippen molar-refractivity contribution in [2.75, 3.05) is 6.61 Å². The van der Waals surface area contributed by atoms with Crippen molar-refractivity contribution in [3.8, 4) is 0 Å². The summed E-state index contributed by atoms with van der Waals surface area (Å²) in [7, 11) is 0. The number of carbonyl (C=O) groups excluding carboxylic acids is 3. The van der Waals surface area contributed by atoms with Crippen LogP contribution in [0.5, 0.6) is 0 Å². The van der Waals surface area contributed by atoms with E-state index in [9.17, 15) is 14.4 Å². The second-order valence-electron chi connectivity index (χ2n) is 3.53. The van der Waals surface area contributed by atoms with Gasteiger partial charge in [0.2, 0.25) is 0 Å². The maximum Gasteiger partial charge on any atom is 0.316 e. The number of ketones is 2. The molecule has 0 aliphatic rings. The van der Waals surface area contributed by atoms with Crippen molar-refractivity contribution in [2.24, 2.45) is 5.92 Å². The Labute approximate surface area is 95.7 Å². The molecule has 0 heterocycles. The number of ether oxygens (including phenoxy) is 1. The zero-order chi connectivity index (χ0) is 12.6. The van der Waals surface area contributed by atoms with Crippen LogP contribution in [0.1, 0.15) is 33.6 Å². The van der Waals surface area contributed by atoms with E-state index < -0.39 is 11.9 Å². The predicted octanol–water partition coefficient (Wildman–Crippen LogP) is 1.68. The quantitative estimate of drug-likeness (QED) is 0.376. The zero-order valence-corrected chi connectivity index (χ0v) is 9.99. The van der Waals surface area contributed by atoms with Gasteiger partial charge in [0.05, 0.1) is 6.61 Å². The van der Waals surface area contributed by atoms with Gasteiger partial charge < -0.3 is 4.74 Å². The summed E-state index contributed by atoms with van der Waals surface area (Å²) in [4.78, 5) is 33.2. The summed E-state index contributed by atoms with van der Waals surface area (Å²) >= 11 is 0. The number of hydrogen-bond acceptors (Lipinski definition) is 4. The summed E-state index contributed by atoms with van der Waals surface area (Å²) in [6.07, 6.45) is 3.96. The first-order valence-electron chi connectivity index (χ1n) is 5.30. The summed E-state index contributed by atoms with van der Waals surface area (Å²) in [5, 5.41) is 0. The monoisotopic (exact) mass is 226 g/mol. The molecule has 1 atom stereocenters. The highest BCUT2D eigenvalue weighted by molar-refractivity contribution is 5.97. The Bertz CT molecular complexity index is 291. The molecule has 1 unspecified atom stereocenters. The molecule has 0 spiro atoms. The van der Waals surface area contributed by atoms with E-state index in [1.54, 1.807) is 19.1 Å². The smallest absolute Gasteiger partial charge is 0.316 e. The van der Waals surface area contributed by atoms with Crippen LogP contribution >= 0.6 is 0 Å². The molecule has 0 saturated carbocycles. The lowest BCUT2D eigenvalue weighted by Crippen LogP contribution is -2.23. The first kappa shape index (κ1) is 14.6. The van der Waals surface area contributed by atoms with Gasteiger partial charge in [-0.1, -0.05) is 12.2 Å². The van der Waals surface area contributed by atoms with Crippen molar-refractivity contribution < 1.29 is 19.1 Å². The average molecular weight is 226 g/mol. The fourth-order valence-corrected chi connectivity index (χ4v) is 1.15. The van der Waals surface area contributed by atoms with Crippen molar-refractivity contribution in [1.82, 2.24) is 0 Å². The Balaban J connectivity index is 4.24. The van der Waals surface area contributed by atoms with Crippen LogP contribution in [0.25, 0.3) is 0 Å². The van der Waals surface area contributed by atoms with Gasteiger partial charge in [0.15, 0.2) is 0 Å². The van der Waals surface area contributed by atoms with Crippen LogP contribution < -0.4 is 0 Å². The normalized spacial score (nSPS) is 12.4. The molecule has 0 rings (SSSR count). The average Bonchev–Trinajstić information content (AvgIpc) is 2.16. The van der Waals surface area contributed by atoms with Crippen LogP contribution in [0.15, 0.2) is 12.2 Å². The van der Waals surface area contributed by atoms with E-state index >= 15 is 0 Å². The fourth-order valence-electron chi connectivity index (χ4n) is 1.15. The van der Waals surface area contributed by atoms with Gasteiger partial charge in [-0.2, -0.15) is 0 Å². The van der Waals surface area contributed by atoms with Crippen LogP contribution in [0, 0.1) is 5.92 Å². The maximum absolute atomic E-state index is 11.4. The molecule has 4 nitrogen and oxygen atoms in total. The number of esters is 1. The van der Waals surface area contributed by atoms with Gasteiger partial charge in [0, 0.05) is 6.42 Å². The van der Waals surface area contributed by atoms with Crippen LogP contribution in [-0.2, 0) is 19.1 Å². The first-order chi connectivity index (χ1) is 7.49. The standard InChI is InChI=1S/C12H18O4/c1-4-16-12(15)11(10(3)14)8-6-5-7-9(2)13/h5-6,11H,4,7-8H2,1-3H3/b6-5+. The van der Waals surface area contributed by atoms with E-state index in [0.717, 1.165) is 0 Å². The van der Waals surface area contributed by atoms with Gasteiger partial charge in [-0.15, -0.1) is 0 Å². The minimum atomic E-state index is -0.747. The molecule has 0 aromatic carbocycles. The van der Waals surface area contributed by atoms with Crippen molar-refractivity contribution in [3.05, 3.63) is 12.2 Å². The van der Waals surface area contributed by atoms with E-state index in [0.29, 0.717) is 12.8 Å². The zero-order valence-electron chi connectivity index (χ0n) is 9.99. The largest absolute Gasteiger partial charge is 0.465 e. The summed E-state index contributed by atoms with van der Waals surface area (Å²) < 4.78 is 4.78. The van der Waals surface area contributed by atoms with Crippen molar-refractivity contribution >= 4 is 17.5 Å². The van der Waals surface area contributed by atoms with Crippen LogP contribution in [0.2, 0.25) is 0 Å². The third kappa shape index (κ3) is 6.11. The van der Waals surface area contributed by atoms with E-state index in [1.807, 2.05) is 0 Å². The van der Waals surface area contributed by atoms with E-state index in [1.165, 1.54) is 13.8 Å². The molecule has 0 radical (unpaired) electrons. The Morgan fingerprint density at radius 3 is 2.25 bits per heavy atom. The highest BCUT2D eigenvalue weighted by Crippen LogP contribution is 2.09. The topological polar surface area (TPSA) is 60.4 Å². The van der Waals surface area contributed by atoms with Crippen LogP contribution in [-0.4, -0.2) is 24.1 Å². The fraction of sp³-hybridized carbons (Fsp3) is 0.583. The number of rotatable bonds is 7. The van der Waals surface area contributed by atoms with Crippen molar-refractivity contribution in [1.29, 1.82) is 0 Å². The second-order valence-corrected chi connectivity index (χ2v) is 3.53. The maximum atomic E-state index is 11.4. The third-order valence-electron chi connectivity index (χ3n) is 2.01. The van der Waals surface area contributed by atoms with Crippen molar-refractivity contribution in [3.63, 3.8) is 0 Å². The molecule has 0 aromatic heterocycles. The van der Waals surface area contributed by atoms with Crippen LogP contribution in [0.3, 0.4) is 0 Å². The lowest BCUT2D eigenvalue weighted by molar-refractivity contribution is -0.150. The molecule has 0 aromatic rings. The molecule has 0 aliphatic heterocycles. The molecule has 4 heteroatoms. The lowest BCUT2D eigenvalue weighted by atomic mass is 10.0. The van der Waals surface area contributed by atoms with Gasteiger partial charge in [0.25, 0.3) is 0 Å². The molecule has 0 N–H and O–H groups in total.